The van der Waals surface area contributed by atoms with E-state index in [1.54, 1.807) is 12.1 Å². The number of anilines is 1. The highest BCUT2D eigenvalue weighted by Gasteiger charge is 2.19. The van der Waals surface area contributed by atoms with E-state index >= 15 is 0 Å². The SMILES string of the molecule is O=C(NCc1ccc(Cl)cc1)c1cnc2sc(N3CCCCC3)nn2c1=O. The van der Waals surface area contributed by atoms with E-state index in [2.05, 4.69) is 20.3 Å². The van der Waals surface area contributed by atoms with Crippen molar-refractivity contribution >= 4 is 38.9 Å². The number of nitrogens with one attached hydrogen (secondary N) is 1. The molecule has 140 valence electrons. The monoisotopic (exact) mass is 403 g/mol. The zero-order valence-corrected chi connectivity index (χ0v) is 16.1. The second-order valence-corrected chi connectivity index (χ2v) is 7.78. The third-order valence-corrected chi connectivity index (χ3v) is 5.75. The molecule has 9 heteroatoms. The fourth-order valence-corrected chi connectivity index (χ4v) is 4.06. The van der Waals surface area contributed by atoms with E-state index in [4.69, 9.17) is 11.6 Å². The molecule has 1 aliphatic heterocycles. The summed E-state index contributed by atoms with van der Waals surface area (Å²) in [7, 11) is 0. The highest BCUT2D eigenvalue weighted by atomic mass is 35.5. The van der Waals surface area contributed by atoms with Crippen molar-refractivity contribution in [3.8, 4) is 0 Å². The van der Waals surface area contributed by atoms with Crippen LogP contribution in [0.15, 0.2) is 35.3 Å². The van der Waals surface area contributed by atoms with Gasteiger partial charge < -0.3 is 10.2 Å². The Morgan fingerprint density at radius 2 is 1.93 bits per heavy atom. The predicted molar refractivity (Wildman–Crippen MR) is 106 cm³/mol. The minimum absolute atomic E-state index is 0.0167. The van der Waals surface area contributed by atoms with Crippen LogP contribution in [-0.4, -0.2) is 33.6 Å². The Morgan fingerprint density at radius 1 is 1.19 bits per heavy atom. The summed E-state index contributed by atoms with van der Waals surface area (Å²) < 4.78 is 1.23. The number of halogens is 1. The first-order chi connectivity index (χ1) is 13.1. The van der Waals surface area contributed by atoms with Crippen LogP contribution >= 0.6 is 22.9 Å². The number of rotatable bonds is 4. The number of piperidine rings is 1. The molecular formula is C18H18ClN5O2S. The average Bonchev–Trinajstić information content (AvgIpc) is 3.14. The molecule has 1 aliphatic rings. The number of carbonyl (C=O) groups excluding carboxylic acids is 1. The lowest BCUT2D eigenvalue weighted by Gasteiger charge is -2.25. The van der Waals surface area contributed by atoms with E-state index in [1.165, 1.54) is 28.5 Å². The van der Waals surface area contributed by atoms with Gasteiger partial charge in [0.1, 0.15) is 5.56 Å². The van der Waals surface area contributed by atoms with Gasteiger partial charge in [0.2, 0.25) is 10.1 Å². The fraction of sp³-hybridized carbons (Fsp3) is 0.333. The van der Waals surface area contributed by atoms with Crippen LogP contribution in [0, 0.1) is 0 Å². The lowest BCUT2D eigenvalue weighted by Crippen LogP contribution is -2.32. The lowest BCUT2D eigenvalue weighted by atomic mass is 10.1. The van der Waals surface area contributed by atoms with Gasteiger partial charge in [-0.25, -0.2) is 4.98 Å². The molecule has 0 spiro atoms. The molecular weight excluding hydrogens is 386 g/mol. The van der Waals surface area contributed by atoms with E-state index in [0.717, 1.165) is 36.6 Å². The largest absolute Gasteiger partial charge is 0.348 e. The summed E-state index contributed by atoms with van der Waals surface area (Å²) in [5, 5.41) is 8.55. The van der Waals surface area contributed by atoms with Gasteiger partial charge in [-0.3, -0.25) is 9.59 Å². The van der Waals surface area contributed by atoms with Crippen LogP contribution in [0.25, 0.3) is 4.96 Å². The summed E-state index contributed by atoms with van der Waals surface area (Å²) in [6, 6.07) is 7.15. The Labute approximate surface area is 164 Å². The van der Waals surface area contributed by atoms with Crippen LogP contribution in [0.2, 0.25) is 5.02 Å². The number of hydrogen-bond acceptors (Lipinski definition) is 6. The molecule has 0 saturated carbocycles. The van der Waals surface area contributed by atoms with Gasteiger partial charge in [0.05, 0.1) is 0 Å². The zero-order valence-electron chi connectivity index (χ0n) is 14.5. The van der Waals surface area contributed by atoms with E-state index in [9.17, 15) is 9.59 Å². The van der Waals surface area contributed by atoms with Crippen molar-refractivity contribution in [2.24, 2.45) is 0 Å². The summed E-state index contributed by atoms with van der Waals surface area (Å²) in [6.07, 6.45) is 4.79. The van der Waals surface area contributed by atoms with Gasteiger partial charge in [0.15, 0.2) is 0 Å². The molecule has 1 amide bonds. The van der Waals surface area contributed by atoms with Crippen molar-refractivity contribution in [1.82, 2.24) is 19.9 Å². The molecule has 3 aromatic rings. The molecule has 0 aliphatic carbocycles. The Morgan fingerprint density at radius 3 is 2.67 bits per heavy atom. The Bertz CT molecular complexity index is 1020. The molecule has 2 aromatic heterocycles. The third kappa shape index (κ3) is 3.81. The highest BCUT2D eigenvalue weighted by molar-refractivity contribution is 7.20. The molecule has 0 unspecified atom stereocenters. The van der Waals surface area contributed by atoms with Gasteiger partial charge in [-0.2, -0.15) is 4.52 Å². The van der Waals surface area contributed by atoms with Gasteiger partial charge in [0, 0.05) is 30.9 Å². The van der Waals surface area contributed by atoms with Crippen LogP contribution in [0.4, 0.5) is 5.13 Å². The normalized spacial score (nSPS) is 14.5. The van der Waals surface area contributed by atoms with Crippen molar-refractivity contribution in [1.29, 1.82) is 0 Å². The van der Waals surface area contributed by atoms with Crippen LogP contribution in [0.5, 0.6) is 0 Å². The molecule has 0 atom stereocenters. The van der Waals surface area contributed by atoms with E-state index in [0.29, 0.717) is 16.5 Å². The van der Waals surface area contributed by atoms with Crippen LogP contribution in [-0.2, 0) is 6.54 Å². The second-order valence-electron chi connectivity index (χ2n) is 6.41. The molecule has 1 N–H and O–H groups in total. The van der Waals surface area contributed by atoms with Gasteiger partial charge in [0.25, 0.3) is 11.5 Å². The maximum absolute atomic E-state index is 12.7. The molecule has 0 bridgehead atoms. The van der Waals surface area contributed by atoms with Crippen molar-refractivity contribution in [3.63, 3.8) is 0 Å². The van der Waals surface area contributed by atoms with Crippen molar-refractivity contribution < 1.29 is 4.79 Å². The van der Waals surface area contributed by atoms with Crippen LogP contribution in [0.1, 0.15) is 35.2 Å². The average molecular weight is 404 g/mol. The van der Waals surface area contributed by atoms with Gasteiger partial charge in [-0.1, -0.05) is 35.1 Å². The van der Waals surface area contributed by atoms with Crippen molar-refractivity contribution in [2.75, 3.05) is 18.0 Å². The number of carbonyl (C=O) groups is 1. The second kappa shape index (κ2) is 7.66. The summed E-state index contributed by atoms with van der Waals surface area (Å²) in [5.74, 6) is -0.468. The molecule has 1 aromatic carbocycles. The summed E-state index contributed by atoms with van der Waals surface area (Å²) in [4.78, 5) is 32.0. The Balaban J connectivity index is 1.54. The molecule has 3 heterocycles. The number of benzene rings is 1. The summed E-state index contributed by atoms with van der Waals surface area (Å²) in [5.41, 5.74) is 0.424. The van der Waals surface area contributed by atoms with Crippen LogP contribution < -0.4 is 15.8 Å². The molecule has 27 heavy (non-hydrogen) atoms. The minimum Gasteiger partial charge on any atom is -0.348 e. The Hall–Kier alpha value is -2.45. The first-order valence-electron chi connectivity index (χ1n) is 8.78. The number of amides is 1. The van der Waals surface area contributed by atoms with Gasteiger partial charge in [-0.15, -0.1) is 5.10 Å². The molecule has 1 saturated heterocycles. The van der Waals surface area contributed by atoms with E-state index in [-0.39, 0.29) is 5.56 Å². The maximum Gasteiger partial charge on any atom is 0.288 e. The summed E-state index contributed by atoms with van der Waals surface area (Å²) >= 11 is 7.23. The first kappa shape index (κ1) is 17.9. The topological polar surface area (TPSA) is 79.6 Å². The highest BCUT2D eigenvalue weighted by Crippen LogP contribution is 2.24. The van der Waals surface area contributed by atoms with Crippen LogP contribution in [0.3, 0.4) is 0 Å². The first-order valence-corrected chi connectivity index (χ1v) is 9.98. The smallest absolute Gasteiger partial charge is 0.288 e. The van der Waals surface area contributed by atoms with Crippen molar-refractivity contribution in [2.45, 2.75) is 25.8 Å². The lowest BCUT2D eigenvalue weighted by molar-refractivity contribution is 0.0948. The number of aromatic nitrogens is 3. The minimum atomic E-state index is -0.468. The number of nitrogens with zero attached hydrogens (tertiary/aromatic N) is 4. The molecule has 7 nitrogen and oxygen atoms in total. The molecule has 0 radical (unpaired) electrons. The number of fused-ring (bicyclic) bond motifs is 1. The molecule has 4 rings (SSSR count). The Kier molecular flexibility index (Phi) is 5.09. The quantitative estimate of drug-likeness (QED) is 0.724. The third-order valence-electron chi connectivity index (χ3n) is 4.51. The zero-order chi connectivity index (χ0) is 18.8. The van der Waals surface area contributed by atoms with E-state index in [1.807, 2.05) is 12.1 Å². The number of hydrogen-bond donors (Lipinski definition) is 1. The van der Waals surface area contributed by atoms with E-state index < -0.39 is 11.5 Å². The predicted octanol–water partition coefficient (Wildman–Crippen LogP) is 2.72. The van der Waals surface area contributed by atoms with Crippen molar-refractivity contribution in [3.05, 3.63) is 57.0 Å². The molecule has 1 fully saturated rings. The fourth-order valence-electron chi connectivity index (χ4n) is 3.02. The van der Waals surface area contributed by atoms with Gasteiger partial charge >= 0.3 is 0 Å². The maximum atomic E-state index is 12.7. The standard InChI is InChI=1S/C18H18ClN5O2S/c19-13-6-4-12(5-7-13)10-20-15(25)14-11-21-17-24(16(14)26)22-18(27-17)23-8-2-1-3-9-23/h4-7,11H,1-3,8-10H2,(H,20,25). The summed E-state index contributed by atoms with van der Waals surface area (Å²) in [6.45, 7) is 2.17. The van der Waals surface area contributed by atoms with Gasteiger partial charge in [-0.05, 0) is 37.0 Å².